The molecule has 1 saturated heterocycles. The number of nitrogens with one attached hydrogen (secondary N) is 1. The van der Waals surface area contributed by atoms with Crippen molar-refractivity contribution in [1.29, 1.82) is 0 Å². The Bertz CT molecular complexity index is 486. The SMILES string of the molecule is O=C(O)c1ccccc1NC1CCC2(CC1)OCCO2. The number of hydrogen-bond donors (Lipinski definition) is 2. The topological polar surface area (TPSA) is 67.8 Å². The number of rotatable bonds is 3. The van der Waals surface area contributed by atoms with Gasteiger partial charge in [-0.05, 0) is 25.0 Å². The van der Waals surface area contributed by atoms with Crippen LogP contribution in [0.3, 0.4) is 0 Å². The molecule has 0 radical (unpaired) electrons. The zero-order valence-corrected chi connectivity index (χ0v) is 11.3. The van der Waals surface area contributed by atoms with Crippen molar-refractivity contribution in [3.63, 3.8) is 0 Å². The van der Waals surface area contributed by atoms with Crippen LogP contribution in [0.25, 0.3) is 0 Å². The molecule has 0 aromatic heterocycles. The lowest BCUT2D eigenvalue weighted by molar-refractivity contribution is -0.177. The van der Waals surface area contributed by atoms with Crippen LogP contribution in [0.15, 0.2) is 24.3 Å². The van der Waals surface area contributed by atoms with E-state index < -0.39 is 5.97 Å². The predicted molar refractivity (Wildman–Crippen MR) is 73.9 cm³/mol. The summed E-state index contributed by atoms with van der Waals surface area (Å²) in [5, 5.41) is 12.5. The highest BCUT2D eigenvalue weighted by molar-refractivity contribution is 5.94. The summed E-state index contributed by atoms with van der Waals surface area (Å²) in [6.07, 6.45) is 3.57. The third-order valence-corrected chi connectivity index (χ3v) is 4.08. The van der Waals surface area contributed by atoms with Crippen molar-refractivity contribution in [2.24, 2.45) is 0 Å². The van der Waals surface area contributed by atoms with E-state index in [0.717, 1.165) is 25.7 Å². The van der Waals surface area contributed by atoms with Crippen LogP contribution in [-0.2, 0) is 9.47 Å². The van der Waals surface area contributed by atoms with E-state index in [0.29, 0.717) is 24.5 Å². The van der Waals surface area contributed by atoms with E-state index in [1.165, 1.54) is 0 Å². The molecular weight excluding hydrogens is 258 g/mol. The molecule has 2 N–H and O–H groups in total. The van der Waals surface area contributed by atoms with Crippen LogP contribution in [0.1, 0.15) is 36.0 Å². The first-order valence-corrected chi connectivity index (χ1v) is 7.05. The van der Waals surface area contributed by atoms with Gasteiger partial charge >= 0.3 is 5.97 Å². The summed E-state index contributed by atoms with van der Waals surface area (Å²) in [6.45, 7) is 1.36. The van der Waals surface area contributed by atoms with Gasteiger partial charge in [-0.1, -0.05) is 12.1 Å². The number of hydrogen-bond acceptors (Lipinski definition) is 4. The van der Waals surface area contributed by atoms with E-state index in [1.807, 2.05) is 12.1 Å². The minimum Gasteiger partial charge on any atom is -0.478 e. The van der Waals surface area contributed by atoms with Crippen LogP contribution in [-0.4, -0.2) is 36.1 Å². The Morgan fingerprint density at radius 1 is 1.20 bits per heavy atom. The first-order valence-electron chi connectivity index (χ1n) is 7.05. The maximum absolute atomic E-state index is 11.2. The van der Waals surface area contributed by atoms with Crippen molar-refractivity contribution >= 4 is 11.7 Å². The van der Waals surface area contributed by atoms with Gasteiger partial charge in [-0.25, -0.2) is 4.79 Å². The second-order valence-corrected chi connectivity index (χ2v) is 5.38. The molecule has 20 heavy (non-hydrogen) atoms. The van der Waals surface area contributed by atoms with Crippen LogP contribution < -0.4 is 5.32 Å². The van der Waals surface area contributed by atoms with Gasteiger partial charge in [0.2, 0.25) is 0 Å². The zero-order valence-electron chi connectivity index (χ0n) is 11.3. The molecule has 108 valence electrons. The van der Waals surface area contributed by atoms with Crippen molar-refractivity contribution in [3.8, 4) is 0 Å². The normalized spacial score (nSPS) is 22.0. The van der Waals surface area contributed by atoms with E-state index in [4.69, 9.17) is 9.47 Å². The first kappa shape index (κ1) is 13.4. The number of ether oxygens (including phenoxy) is 2. The Morgan fingerprint density at radius 2 is 1.85 bits per heavy atom. The van der Waals surface area contributed by atoms with E-state index in [1.54, 1.807) is 12.1 Å². The molecule has 5 nitrogen and oxygen atoms in total. The van der Waals surface area contributed by atoms with E-state index in [9.17, 15) is 9.90 Å². The molecule has 1 aromatic carbocycles. The molecule has 3 rings (SSSR count). The molecule has 2 fully saturated rings. The molecule has 1 heterocycles. The van der Waals surface area contributed by atoms with Crippen molar-refractivity contribution in [1.82, 2.24) is 0 Å². The summed E-state index contributed by atoms with van der Waals surface area (Å²) in [5.41, 5.74) is 1.01. The van der Waals surface area contributed by atoms with Gasteiger partial charge in [-0.15, -0.1) is 0 Å². The Labute approximate surface area is 117 Å². The molecule has 1 aliphatic heterocycles. The van der Waals surface area contributed by atoms with Crippen molar-refractivity contribution in [2.75, 3.05) is 18.5 Å². The van der Waals surface area contributed by atoms with Gasteiger partial charge in [-0.3, -0.25) is 0 Å². The highest BCUT2D eigenvalue weighted by Gasteiger charge is 2.40. The first-order chi connectivity index (χ1) is 9.69. The fourth-order valence-electron chi connectivity index (χ4n) is 3.00. The average molecular weight is 277 g/mol. The maximum Gasteiger partial charge on any atom is 0.337 e. The van der Waals surface area contributed by atoms with Gasteiger partial charge in [0.1, 0.15) is 0 Å². The van der Waals surface area contributed by atoms with Crippen molar-refractivity contribution < 1.29 is 19.4 Å². The number of anilines is 1. The molecule has 1 aliphatic carbocycles. The van der Waals surface area contributed by atoms with Gasteiger partial charge < -0.3 is 19.9 Å². The van der Waals surface area contributed by atoms with E-state index >= 15 is 0 Å². The minimum absolute atomic E-state index is 0.272. The van der Waals surface area contributed by atoms with Gasteiger partial charge in [0.15, 0.2) is 5.79 Å². The third kappa shape index (κ3) is 2.64. The molecule has 0 bridgehead atoms. The molecule has 1 aromatic rings. The lowest BCUT2D eigenvalue weighted by atomic mass is 9.89. The van der Waals surface area contributed by atoms with Crippen molar-refractivity contribution in [2.45, 2.75) is 37.5 Å². The second-order valence-electron chi connectivity index (χ2n) is 5.38. The maximum atomic E-state index is 11.2. The summed E-state index contributed by atoms with van der Waals surface area (Å²) < 4.78 is 11.4. The second kappa shape index (κ2) is 5.42. The molecule has 1 saturated carbocycles. The molecular formula is C15H19NO4. The quantitative estimate of drug-likeness (QED) is 0.888. The van der Waals surface area contributed by atoms with E-state index in [2.05, 4.69) is 5.32 Å². The number of benzene rings is 1. The van der Waals surface area contributed by atoms with Crippen molar-refractivity contribution in [3.05, 3.63) is 29.8 Å². The van der Waals surface area contributed by atoms with Crippen LogP contribution in [0.2, 0.25) is 0 Å². The molecule has 0 amide bonds. The largest absolute Gasteiger partial charge is 0.478 e. The Morgan fingerprint density at radius 3 is 2.50 bits per heavy atom. The smallest absolute Gasteiger partial charge is 0.337 e. The van der Waals surface area contributed by atoms with E-state index in [-0.39, 0.29) is 11.8 Å². The average Bonchev–Trinajstić information content (AvgIpc) is 2.90. The Hall–Kier alpha value is -1.59. The lowest BCUT2D eigenvalue weighted by Gasteiger charge is -2.36. The van der Waals surface area contributed by atoms with Gasteiger partial charge in [0.05, 0.1) is 18.8 Å². The van der Waals surface area contributed by atoms with Gasteiger partial charge in [0, 0.05) is 24.6 Å². The number of para-hydroxylation sites is 1. The Balaban J connectivity index is 1.64. The fourth-order valence-corrected chi connectivity index (χ4v) is 3.00. The standard InChI is InChI=1S/C15H19NO4/c17-14(18)12-3-1-2-4-13(12)16-11-5-7-15(8-6-11)19-9-10-20-15/h1-4,11,16H,5-10H2,(H,17,18). The summed E-state index contributed by atoms with van der Waals surface area (Å²) in [4.78, 5) is 11.2. The lowest BCUT2D eigenvalue weighted by Crippen LogP contribution is -2.39. The third-order valence-electron chi connectivity index (χ3n) is 4.08. The number of carbonyl (C=O) groups is 1. The molecule has 1 spiro atoms. The molecule has 5 heteroatoms. The summed E-state index contributed by atoms with van der Waals surface area (Å²) >= 11 is 0. The molecule has 2 aliphatic rings. The summed E-state index contributed by atoms with van der Waals surface area (Å²) in [7, 11) is 0. The van der Waals surface area contributed by atoms with Crippen LogP contribution in [0.5, 0.6) is 0 Å². The summed E-state index contributed by atoms with van der Waals surface area (Å²) in [5.74, 6) is -1.27. The van der Waals surface area contributed by atoms with Crippen LogP contribution >= 0.6 is 0 Å². The van der Waals surface area contributed by atoms with Gasteiger partial charge in [-0.2, -0.15) is 0 Å². The monoisotopic (exact) mass is 277 g/mol. The molecule has 0 unspecified atom stereocenters. The number of carboxylic acids is 1. The Kier molecular flexibility index (Phi) is 3.63. The fraction of sp³-hybridized carbons (Fsp3) is 0.533. The predicted octanol–water partition coefficient (Wildman–Crippen LogP) is 2.48. The zero-order chi connectivity index (χ0) is 14.0. The highest BCUT2D eigenvalue weighted by Crippen LogP contribution is 2.36. The summed E-state index contributed by atoms with van der Waals surface area (Å²) in [6, 6.07) is 7.30. The number of aromatic carboxylic acids is 1. The van der Waals surface area contributed by atoms with Crippen LogP contribution in [0, 0.1) is 0 Å². The minimum atomic E-state index is -0.900. The van der Waals surface area contributed by atoms with Gasteiger partial charge in [0.25, 0.3) is 0 Å². The highest BCUT2D eigenvalue weighted by atomic mass is 16.7. The molecule has 0 atom stereocenters. The number of carboxylic acid groups (broad SMARTS) is 1. The van der Waals surface area contributed by atoms with Crippen LogP contribution in [0.4, 0.5) is 5.69 Å².